The van der Waals surface area contributed by atoms with Crippen molar-refractivity contribution >= 4 is 0 Å². The zero-order valence-corrected chi connectivity index (χ0v) is 13.7. The van der Waals surface area contributed by atoms with E-state index in [1.54, 1.807) is 0 Å². The van der Waals surface area contributed by atoms with E-state index in [4.69, 9.17) is 0 Å². The van der Waals surface area contributed by atoms with Gasteiger partial charge in [-0.1, -0.05) is 25.1 Å². The van der Waals surface area contributed by atoms with Crippen LogP contribution in [0.4, 0.5) is 0 Å². The lowest BCUT2D eigenvalue weighted by molar-refractivity contribution is 0.489. The lowest BCUT2D eigenvalue weighted by Gasteiger charge is -2.22. The topological polar surface area (TPSA) is 29.9 Å². The highest BCUT2D eigenvalue weighted by Gasteiger charge is 2.15. The van der Waals surface area contributed by atoms with Gasteiger partial charge in [0, 0.05) is 31.9 Å². The van der Waals surface area contributed by atoms with Gasteiger partial charge in [0.2, 0.25) is 0 Å². The first kappa shape index (κ1) is 15.8. The fraction of sp³-hybridized carbons (Fsp3) is 0.500. The van der Waals surface area contributed by atoms with Gasteiger partial charge in [-0.25, -0.2) is 4.98 Å². The molecule has 21 heavy (non-hydrogen) atoms. The number of hydrogen-bond donors (Lipinski definition) is 1. The lowest BCUT2D eigenvalue weighted by Crippen LogP contribution is -2.24. The molecular weight excluding hydrogens is 258 g/mol. The minimum absolute atomic E-state index is 0.404. The summed E-state index contributed by atoms with van der Waals surface area (Å²) in [6.07, 6.45) is 7.13. The first-order valence-electron chi connectivity index (χ1n) is 7.89. The molecule has 2 aromatic rings. The molecule has 114 valence electrons. The predicted molar refractivity (Wildman–Crippen MR) is 88.5 cm³/mol. The van der Waals surface area contributed by atoms with Crippen LogP contribution in [0.3, 0.4) is 0 Å². The van der Waals surface area contributed by atoms with Crippen LogP contribution in [0.25, 0.3) is 0 Å². The van der Waals surface area contributed by atoms with Crippen LogP contribution < -0.4 is 5.32 Å². The Morgan fingerprint density at radius 2 is 2.10 bits per heavy atom. The second-order valence-electron chi connectivity index (χ2n) is 5.79. The van der Waals surface area contributed by atoms with Crippen molar-refractivity contribution < 1.29 is 0 Å². The van der Waals surface area contributed by atoms with Gasteiger partial charge in [0.05, 0.1) is 0 Å². The largest absolute Gasteiger partial charge is 0.338 e. The van der Waals surface area contributed by atoms with Gasteiger partial charge in [-0.05, 0) is 49.9 Å². The molecule has 0 saturated carbocycles. The van der Waals surface area contributed by atoms with Crippen molar-refractivity contribution in [1.29, 1.82) is 0 Å². The number of aryl methyl sites for hydroxylation is 3. The molecule has 0 aliphatic carbocycles. The first-order chi connectivity index (χ1) is 10.1. The quantitative estimate of drug-likeness (QED) is 0.840. The molecule has 3 heteroatoms. The minimum atomic E-state index is 0.404. The zero-order valence-electron chi connectivity index (χ0n) is 13.7. The summed E-state index contributed by atoms with van der Waals surface area (Å²) in [6.45, 7) is 7.69. The van der Waals surface area contributed by atoms with Crippen LogP contribution in [-0.2, 0) is 13.5 Å². The lowest BCUT2D eigenvalue weighted by atomic mass is 9.94. The Morgan fingerprint density at radius 3 is 2.76 bits per heavy atom. The molecule has 1 heterocycles. The number of nitrogens with zero attached hydrogens (tertiary/aromatic N) is 2. The molecule has 0 spiro atoms. The third kappa shape index (κ3) is 3.94. The van der Waals surface area contributed by atoms with Crippen molar-refractivity contribution in [2.45, 2.75) is 46.1 Å². The van der Waals surface area contributed by atoms with E-state index >= 15 is 0 Å². The van der Waals surface area contributed by atoms with Gasteiger partial charge in [0.15, 0.2) is 0 Å². The monoisotopic (exact) mass is 285 g/mol. The van der Waals surface area contributed by atoms with Crippen LogP contribution >= 0.6 is 0 Å². The van der Waals surface area contributed by atoms with Gasteiger partial charge in [0.25, 0.3) is 0 Å². The number of aromatic nitrogens is 2. The smallest absolute Gasteiger partial charge is 0.108 e. The molecule has 0 amide bonds. The maximum atomic E-state index is 4.44. The number of hydrogen-bond acceptors (Lipinski definition) is 2. The van der Waals surface area contributed by atoms with Crippen molar-refractivity contribution in [1.82, 2.24) is 14.9 Å². The Hall–Kier alpha value is -1.61. The molecule has 0 fully saturated rings. The van der Waals surface area contributed by atoms with Crippen LogP contribution in [0.5, 0.6) is 0 Å². The van der Waals surface area contributed by atoms with Crippen molar-refractivity contribution in [2.75, 3.05) is 6.54 Å². The molecule has 2 rings (SSSR count). The Bertz CT molecular complexity index is 572. The second-order valence-corrected chi connectivity index (χ2v) is 5.79. The van der Waals surface area contributed by atoms with Crippen molar-refractivity contribution in [3.63, 3.8) is 0 Å². The van der Waals surface area contributed by atoms with Crippen molar-refractivity contribution in [2.24, 2.45) is 7.05 Å². The summed E-state index contributed by atoms with van der Waals surface area (Å²) in [5.74, 6) is 1.16. The van der Waals surface area contributed by atoms with Crippen molar-refractivity contribution in [3.8, 4) is 0 Å². The van der Waals surface area contributed by atoms with E-state index in [1.807, 2.05) is 12.4 Å². The molecular formula is C18H27N3. The summed E-state index contributed by atoms with van der Waals surface area (Å²) in [5.41, 5.74) is 4.20. The number of benzene rings is 1. The van der Waals surface area contributed by atoms with Gasteiger partial charge in [-0.15, -0.1) is 0 Å². The molecule has 0 bridgehead atoms. The summed E-state index contributed by atoms with van der Waals surface area (Å²) >= 11 is 0. The van der Waals surface area contributed by atoms with Gasteiger partial charge in [0.1, 0.15) is 5.82 Å². The normalized spacial score (nSPS) is 12.6. The minimum Gasteiger partial charge on any atom is -0.338 e. The molecule has 1 unspecified atom stereocenters. The number of imidazole rings is 1. The van der Waals surface area contributed by atoms with Gasteiger partial charge < -0.3 is 9.88 Å². The van der Waals surface area contributed by atoms with Crippen molar-refractivity contribution in [3.05, 3.63) is 53.1 Å². The van der Waals surface area contributed by atoms with E-state index in [-0.39, 0.29) is 0 Å². The van der Waals surface area contributed by atoms with Crippen LogP contribution in [0.2, 0.25) is 0 Å². The molecule has 3 nitrogen and oxygen atoms in total. The molecule has 0 saturated heterocycles. The third-order valence-corrected chi connectivity index (χ3v) is 4.24. The Morgan fingerprint density at radius 1 is 1.29 bits per heavy atom. The first-order valence-corrected chi connectivity index (χ1v) is 7.89. The standard InChI is InChI=1S/C18H27N3/c1-5-11-19-17(9-10-18-20-12-13-21(18)4)16-8-6-7-14(2)15(16)3/h6-8,12-13,17,19H,5,9-11H2,1-4H3. The predicted octanol–water partition coefficient (Wildman–Crippen LogP) is 3.71. The summed E-state index contributed by atoms with van der Waals surface area (Å²) in [4.78, 5) is 4.44. The van der Waals surface area contributed by atoms with E-state index < -0.39 is 0 Å². The zero-order chi connectivity index (χ0) is 15.2. The SMILES string of the molecule is CCCNC(CCc1nccn1C)c1cccc(C)c1C. The molecule has 0 aliphatic heterocycles. The summed E-state index contributed by atoms with van der Waals surface area (Å²) in [5, 5.41) is 3.70. The van der Waals surface area contributed by atoms with Crippen LogP contribution in [-0.4, -0.2) is 16.1 Å². The molecule has 1 atom stereocenters. The molecule has 1 aromatic heterocycles. The number of rotatable bonds is 7. The molecule has 0 radical (unpaired) electrons. The second kappa shape index (κ2) is 7.41. The Labute approximate surface area is 128 Å². The molecule has 0 aliphatic rings. The Kier molecular flexibility index (Phi) is 5.57. The van der Waals surface area contributed by atoms with Crippen LogP contribution in [0, 0.1) is 13.8 Å². The molecule has 1 aromatic carbocycles. The van der Waals surface area contributed by atoms with Gasteiger partial charge in [-0.3, -0.25) is 0 Å². The average molecular weight is 285 g/mol. The highest BCUT2D eigenvalue weighted by atomic mass is 15.0. The fourth-order valence-corrected chi connectivity index (χ4v) is 2.75. The maximum absolute atomic E-state index is 4.44. The fourth-order valence-electron chi connectivity index (χ4n) is 2.75. The van der Waals surface area contributed by atoms with E-state index in [1.165, 1.54) is 16.7 Å². The Balaban J connectivity index is 2.14. The third-order valence-electron chi connectivity index (χ3n) is 4.24. The molecule has 1 N–H and O–H groups in total. The average Bonchev–Trinajstić information content (AvgIpc) is 2.88. The number of nitrogens with one attached hydrogen (secondary N) is 1. The van der Waals surface area contributed by atoms with Crippen LogP contribution in [0.15, 0.2) is 30.6 Å². The van der Waals surface area contributed by atoms with E-state index in [9.17, 15) is 0 Å². The van der Waals surface area contributed by atoms with Gasteiger partial charge in [-0.2, -0.15) is 0 Å². The van der Waals surface area contributed by atoms with E-state index in [0.717, 1.165) is 31.6 Å². The van der Waals surface area contributed by atoms with E-state index in [0.29, 0.717) is 6.04 Å². The highest BCUT2D eigenvalue weighted by Crippen LogP contribution is 2.24. The summed E-state index contributed by atoms with van der Waals surface area (Å²) in [7, 11) is 2.06. The van der Waals surface area contributed by atoms with Crippen LogP contribution in [0.1, 0.15) is 48.3 Å². The van der Waals surface area contributed by atoms with Gasteiger partial charge >= 0.3 is 0 Å². The summed E-state index contributed by atoms with van der Waals surface area (Å²) in [6, 6.07) is 7.02. The van der Waals surface area contributed by atoms with E-state index in [2.05, 4.69) is 60.9 Å². The summed E-state index contributed by atoms with van der Waals surface area (Å²) < 4.78 is 2.11. The highest BCUT2D eigenvalue weighted by molar-refractivity contribution is 5.35. The maximum Gasteiger partial charge on any atom is 0.108 e.